The Bertz CT molecular complexity index is 605. The SMILES string of the molecule is CCNC(=NCc1ccccc1F)NCCc1cccnc1.I. The van der Waals surface area contributed by atoms with E-state index in [9.17, 15) is 4.39 Å². The summed E-state index contributed by atoms with van der Waals surface area (Å²) < 4.78 is 13.6. The highest BCUT2D eigenvalue weighted by atomic mass is 127. The summed E-state index contributed by atoms with van der Waals surface area (Å²) in [4.78, 5) is 8.50. The van der Waals surface area contributed by atoms with Crippen LogP contribution in [0.3, 0.4) is 0 Å². The minimum Gasteiger partial charge on any atom is -0.357 e. The molecular formula is C17H22FIN4. The predicted molar refractivity (Wildman–Crippen MR) is 103 cm³/mol. The molecule has 0 atom stereocenters. The molecule has 124 valence electrons. The lowest BCUT2D eigenvalue weighted by Crippen LogP contribution is -2.38. The van der Waals surface area contributed by atoms with E-state index >= 15 is 0 Å². The molecule has 2 N–H and O–H groups in total. The minimum absolute atomic E-state index is 0. The van der Waals surface area contributed by atoms with Crippen LogP contribution in [0.15, 0.2) is 53.8 Å². The van der Waals surface area contributed by atoms with Crippen molar-refractivity contribution in [2.45, 2.75) is 19.9 Å². The van der Waals surface area contributed by atoms with Gasteiger partial charge in [-0.1, -0.05) is 24.3 Å². The fraction of sp³-hybridized carbons (Fsp3) is 0.294. The van der Waals surface area contributed by atoms with Crippen LogP contribution in [0, 0.1) is 5.82 Å². The lowest BCUT2D eigenvalue weighted by atomic mass is 10.2. The standard InChI is InChI=1S/C17H21FN4.HI/c1-2-20-17(21-11-9-14-6-5-10-19-12-14)22-13-15-7-3-4-8-16(15)18;/h3-8,10,12H,2,9,11,13H2,1H3,(H2,20,21,22);1H. The van der Waals surface area contributed by atoms with Gasteiger partial charge < -0.3 is 10.6 Å². The summed E-state index contributed by atoms with van der Waals surface area (Å²) in [7, 11) is 0. The van der Waals surface area contributed by atoms with Crippen molar-refractivity contribution in [1.82, 2.24) is 15.6 Å². The molecule has 0 radical (unpaired) electrons. The third-order valence-corrected chi connectivity index (χ3v) is 3.14. The topological polar surface area (TPSA) is 49.3 Å². The van der Waals surface area contributed by atoms with Gasteiger partial charge in [-0.05, 0) is 31.0 Å². The van der Waals surface area contributed by atoms with Crippen LogP contribution in [-0.4, -0.2) is 24.0 Å². The first-order chi connectivity index (χ1) is 10.8. The average molecular weight is 428 g/mol. The number of nitrogens with zero attached hydrogens (tertiary/aromatic N) is 2. The molecule has 0 saturated heterocycles. The van der Waals surface area contributed by atoms with Crippen LogP contribution >= 0.6 is 24.0 Å². The fourth-order valence-corrected chi connectivity index (χ4v) is 2.00. The Morgan fingerprint density at radius 2 is 2.00 bits per heavy atom. The van der Waals surface area contributed by atoms with Crippen molar-refractivity contribution in [1.29, 1.82) is 0 Å². The number of hydrogen-bond acceptors (Lipinski definition) is 2. The molecule has 2 rings (SSSR count). The molecule has 6 heteroatoms. The van der Waals surface area contributed by atoms with Crippen molar-refractivity contribution in [2.75, 3.05) is 13.1 Å². The van der Waals surface area contributed by atoms with E-state index in [1.807, 2.05) is 31.3 Å². The number of guanidine groups is 1. The van der Waals surface area contributed by atoms with Gasteiger partial charge in [-0.25, -0.2) is 9.38 Å². The summed E-state index contributed by atoms with van der Waals surface area (Å²) in [6, 6.07) is 10.7. The third-order valence-electron chi connectivity index (χ3n) is 3.14. The van der Waals surface area contributed by atoms with Gasteiger partial charge in [-0.3, -0.25) is 4.98 Å². The molecule has 0 amide bonds. The lowest BCUT2D eigenvalue weighted by Gasteiger charge is -2.11. The summed E-state index contributed by atoms with van der Waals surface area (Å²) in [5, 5.41) is 6.41. The van der Waals surface area contributed by atoms with Gasteiger partial charge in [0.1, 0.15) is 5.82 Å². The highest BCUT2D eigenvalue weighted by Gasteiger charge is 2.01. The van der Waals surface area contributed by atoms with Crippen LogP contribution in [0.4, 0.5) is 4.39 Å². The highest BCUT2D eigenvalue weighted by Crippen LogP contribution is 2.07. The van der Waals surface area contributed by atoms with Crippen molar-refractivity contribution in [3.8, 4) is 0 Å². The van der Waals surface area contributed by atoms with Gasteiger partial charge in [-0.15, -0.1) is 24.0 Å². The van der Waals surface area contributed by atoms with Gasteiger partial charge >= 0.3 is 0 Å². The van der Waals surface area contributed by atoms with E-state index in [0.717, 1.165) is 19.5 Å². The maximum atomic E-state index is 13.6. The molecule has 0 saturated carbocycles. The van der Waals surface area contributed by atoms with Gasteiger partial charge in [0.15, 0.2) is 5.96 Å². The van der Waals surface area contributed by atoms with Crippen LogP contribution in [0.5, 0.6) is 0 Å². The first kappa shape index (κ1) is 19.3. The molecule has 4 nitrogen and oxygen atoms in total. The van der Waals surface area contributed by atoms with Crippen LogP contribution in [0.25, 0.3) is 0 Å². The first-order valence-corrected chi connectivity index (χ1v) is 7.44. The molecule has 0 aliphatic rings. The maximum Gasteiger partial charge on any atom is 0.191 e. The molecule has 0 aliphatic heterocycles. The largest absolute Gasteiger partial charge is 0.357 e. The number of aromatic nitrogens is 1. The zero-order chi connectivity index (χ0) is 15.6. The molecule has 2 aromatic rings. The summed E-state index contributed by atoms with van der Waals surface area (Å²) in [6.45, 7) is 3.82. The Morgan fingerprint density at radius 3 is 2.70 bits per heavy atom. The monoisotopic (exact) mass is 428 g/mol. The van der Waals surface area contributed by atoms with E-state index in [4.69, 9.17) is 0 Å². The second-order valence-corrected chi connectivity index (χ2v) is 4.82. The Morgan fingerprint density at radius 1 is 1.17 bits per heavy atom. The third kappa shape index (κ3) is 6.94. The molecule has 1 heterocycles. The number of aliphatic imine (C=N–C) groups is 1. The van der Waals surface area contributed by atoms with Crippen LogP contribution < -0.4 is 10.6 Å². The Kier molecular flexibility index (Phi) is 9.20. The van der Waals surface area contributed by atoms with Gasteiger partial charge in [0.25, 0.3) is 0 Å². The summed E-state index contributed by atoms with van der Waals surface area (Å²) in [5.74, 6) is 0.465. The predicted octanol–water partition coefficient (Wildman–Crippen LogP) is 3.14. The Balaban J connectivity index is 0.00000264. The van der Waals surface area contributed by atoms with Gasteiger partial charge in [0.2, 0.25) is 0 Å². The van der Waals surface area contributed by atoms with Crippen molar-refractivity contribution < 1.29 is 4.39 Å². The zero-order valence-corrected chi connectivity index (χ0v) is 15.5. The quantitative estimate of drug-likeness (QED) is 0.423. The first-order valence-electron chi connectivity index (χ1n) is 7.44. The van der Waals surface area contributed by atoms with Crippen LogP contribution in [0.1, 0.15) is 18.1 Å². The van der Waals surface area contributed by atoms with Crippen LogP contribution in [-0.2, 0) is 13.0 Å². The summed E-state index contributed by atoms with van der Waals surface area (Å²) in [5.41, 5.74) is 1.76. The number of nitrogens with one attached hydrogen (secondary N) is 2. The number of pyridine rings is 1. The summed E-state index contributed by atoms with van der Waals surface area (Å²) >= 11 is 0. The van der Waals surface area contributed by atoms with Crippen molar-refractivity contribution >= 4 is 29.9 Å². The molecule has 1 aromatic carbocycles. The second kappa shape index (κ2) is 10.9. The Labute approximate surface area is 153 Å². The summed E-state index contributed by atoms with van der Waals surface area (Å²) in [6.07, 6.45) is 4.47. The van der Waals surface area contributed by atoms with E-state index in [0.29, 0.717) is 18.1 Å². The van der Waals surface area contributed by atoms with E-state index in [1.165, 1.54) is 11.6 Å². The molecule has 1 aromatic heterocycles. The van der Waals surface area contributed by atoms with E-state index in [-0.39, 0.29) is 29.8 Å². The van der Waals surface area contributed by atoms with Crippen molar-refractivity contribution in [2.24, 2.45) is 4.99 Å². The fourth-order valence-electron chi connectivity index (χ4n) is 2.00. The van der Waals surface area contributed by atoms with Gasteiger partial charge in [-0.2, -0.15) is 0 Å². The average Bonchev–Trinajstić information content (AvgIpc) is 2.55. The van der Waals surface area contributed by atoms with Crippen molar-refractivity contribution in [3.63, 3.8) is 0 Å². The van der Waals surface area contributed by atoms with E-state index in [1.54, 1.807) is 18.3 Å². The molecule has 0 aliphatic carbocycles. The smallest absolute Gasteiger partial charge is 0.191 e. The molecule has 23 heavy (non-hydrogen) atoms. The molecule has 0 spiro atoms. The number of benzene rings is 1. The normalized spacial score (nSPS) is 10.8. The van der Waals surface area contributed by atoms with E-state index < -0.39 is 0 Å². The van der Waals surface area contributed by atoms with Crippen LogP contribution in [0.2, 0.25) is 0 Å². The number of hydrogen-bond donors (Lipinski definition) is 2. The van der Waals surface area contributed by atoms with E-state index in [2.05, 4.69) is 20.6 Å². The Hall–Kier alpha value is -1.70. The molecule has 0 bridgehead atoms. The zero-order valence-electron chi connectivity index (χ0n) is 13.1. The highest BCUT2D eigenvalue weighted by molar-refractivity contribution is 14.0. The second-order valence-electron chi connectivity index (χ2n) is 4.82. The van der Waals surface area contributed by atoms with Gasteiger partial charge in [0.05, 0.1) is 6.54 Å². The number of halogens is 2. The minimum atomic E-state index is -0.225. The van der Waals surface area contributed by atoms with Crippen molar-refractivity contribution in [3.05, 3.63) is 65.7 Å². The molecular weight excluding hydrogens is 406 g/mol. The maximum absolute atomic E-state index is 13.6. The molecule has 0 unspecified atom stereocenters. The van der Waals surface area contributed by atoms with Gasteiger partial charge in [0, 0.05) is 31.0 Å². The number of rotatable bonds is 6. The molecule has 0 fully saturated rings. The lowest BCUT2D eigenvalue weighted by molar-refractivity contribution is 0.610.